The molecular formula is C9H7F3N2. The van der Waals surface area contributed by atoms with Crippen molar-refractivity contribution in [1.29, 1.82) is 0 Å². The summed E-state index contributed by atoms with van der Waals surface area (Å²) in [5.41, 5.74) is -0.279. The highest BCUT2D eigenvalue weighted by Crippen LogP contribution is 2.34. The van der Waals surface area contributed by atoms with E-state index >= 15 is 0 Å². The van der Waals surface area contributed by atoms with E-state index in [1.54, 1.807) is 6.07 Å². The van der Waals surface area contributed by atoms with Crippen molar-refractivity contribution in [1.82, 2.24) is 4.68 Å². The minimum absolute atomic E-state index is 0.127. The SMILES string of the molecule is Nn1ccc2c(C(F)(F)F)cccc21. The zero-order valence-corrected chi connectivity index (χ0v) is 7.05. The van der Waals surface area contributed by atoms with Crippen LogP contribution in [0.25, 0.3) is 10.9 Å². The summed E-state index contributed by atoms with van der Waals surface area (Å²) in [6.45, 7) is 0. The monoisotopic (exact) mass is 200 g/mol. The zero-order chi connectivity index (χ0) is 10.3. The quantitative estimate of drug-likeness (QED) is 0.650. The fourth-order valence-corrected chi connectivity index (χ4v) is 1.44. The molecule has 0 saturated carbocycles. The van der Waals surface area contributed by atoms with Gasteiger partial charge < -0.3 is 5.84 Å². The predicted octanol–water partition coefficient (Wildman–Crippen LogP) is 2.37. The molecule has 0 atom stereocenters. The average molecular weight is 200 g/mol. The Hall–Kier alpha value is -1.65. The van der Waals surface area contributed by atoms with Gasteiger partial charge in [-0.25, -0.2) is 0 Å². The number of hydrogen-bond acceptors (Lipinski definition) is 1. The van der Waals surface area contributed by atoms with Gasteiger partial charge in [0, 0.05) is 11.6 Å². The third-order valence-corrected chi connectivity index (χ3v) is 2.07. The highest BCUT2D eigenvalue weighted by Gasteiger charge is 2.32. The molecule has 1 heterocycles. The van der Waals surface area contributed by atoms with Crippen molar-refractivity contribution in [2.75, 3.05) is 5.84 Å². The number of rotatable bonds is 0. The van der Waals surface area contributed by atoms with Crippen molar-refractivity contribution in [3.63, 3.8) is 0 Å². The van der Waals surface area contributed by atoms with Crippen molar-refractivity contribution in [2.24, 2.45) is 0 Å². The first-order valence-corrected chi connectivity index (χ1v) is 3.92. The molecule has 14 heavy (non-hydrogen) atoms. The molecule has 0 radical (unpaired) electrons. The number of benzene rings is 1. The Bertz CT molecular complexity index is 470. The van der Waals surface area contributed by atoms with E-state index in [9.17, 15) is 13.2 Å². The summed E-state index contributed by atoms with van der Waals surface area (Å²) in [5, 5.41) is 0.127. The summed E-state index contributed by atoms with van der Waals surface area (Å²) in [5.74, 6) is 5.44. The van der Waals surface area contributed by atoms with E-state index in [1.807, 2.05) is 0 Å². The first kappa shape index (κ1) is 8.93. The van der Waals surface area contributed by atoms with Crippen LogP contribution in [0.5, 0.6) is 0 Å². The number of aromatic nitrogens is 1. The molecule has 2 aromatic rings. The molecule has 1 aromatic heterocycles. The van der Waals surface area contributed by atoms with Gasteiger partial charge in [0.1, 0.15) is 0 Å². The first-order valence-electron chi connectivity index (χ1n) is 3.92. The number of hydrogen-bond donors (Lipinski definition) is 1. The summed E-state index contributed by atoms with van der Waals surface area (Å²) in [4.78, 5) is 0. The maximum atomic E-state index is 12.5. The fourth-order valence-electron chi connectivity index (χ4n) is 1.44. The molecule has 0 saturated heterocycles. The Balaban J connectivity index is 2.79. The Morgan fingerprint density at radius 2 is 1.86 bits per heavy atom. The van der Waals surface area contributed by atoms with Crippen molar-refractivity contribution < 1.29 is 13.2 Å². The van der Waals surface area contributed by atoms with Crippen molar-refractivity contribution in [2.45, 2.75) is 6.18 Å². The number of halogens is 3. The second-order valence-corrected chi connectivity index (χ2v) is 2.96. The number of fused-ring (bicyclic) bond motifs is 1. The second-order valence-electron chi connectivity index (χ2n) is 2.96. The van der Waals surface area contributed by atoms with Crippen LogP contribution < -0.4 is 5.84 Å². The second kappa shape index (κ2) is 2.67. The van der Waals surface area contributed by atoms with E-state index in [0.717, 1.165) is 6.07 Å². The van der Waals surface area contributed by atoms with Crippen molar-refractivity contribution in [3.8, 4) is 0 Å². The van der Waals surface area contributed by atoms with Gasteiger partial charge in [-0.1, -0.05) is 6.07 Å². The number of nitrogens with zero attached hydrogens (tertiary/aromatic N) is 1. The largest absolute Gasteiger partial charge is 0.417 e. The molecule has 2 nitrogen and oxygen atoms in total. The average Bonchev–Trinajstić information content (AvgIpc) is 2.46. The molecule has 0 spiro atoms. The molecule has 74 valence electrons. The lowest BCUT2D eigenvalue weighted by molar-refractivity contribution is -0.136. The minimum Gasteiger partial charge on any atom is -0.339 e. The molecule has 0 unspecified atom stereocenters. The lowest BCUT2D eigenvalue weighted by Gasteiger charge is -2.07. The zero-order valence-electron chi connectivity index (χ0n) is 7.05. The van der Waals surface area contributed by atoms with Crippen LogP contribution in [0.1, 0.15) is 5.56 Å². The molecular weight excluding hydrogens is 193 g/mol. The van der Waals surface area contributed by atoms with Gasteiger partial charge in [-0.05, 0) is 18.2 Å². The molecule has 0 fully saturated rings. The number of alkyl halides is 3. The molecule has 1 aromatic carbocycles. The van der Waals surface area contributed by atoms with Gasteiger partial charge in [0.2, 0.25) is 0 Å². The minimum atomic E-state index is -4.33. The predicted molar refractivity (Wildman–Crippen MR) is 47.1 cm³/mol. The Morgan fingerprint density at radius 3 is 2.50 bits per heavy atom. The summed E-state index contributed by atoms with van der Waals surface area (Å²) >= 11 is 0. The van der Waals surface area contributed by atoms with Crippen molar-refractivity contribution in [3.05, 3.63) is 36.0 Å². The van der Waals surface area contributed by atoms with Crippen LogP contribution in [-0.2, 0) is 6.18 Å². The van der Waals surface area contributed by atoms with Crippen LogP contribution in [0, 0.1) is 0 Å². The molecule has 2 N–H and O–H groups in total. The van der Waals surface area contributed by atoms with Gasteiger partial charge in [0.05, 0.1) is 11.1 Å². The highest BCUT2D eigenvalue weighted by atomic mass is 19.4. The van der Waals surface area contributed by atoms with Gasteiger partial charge in [-0.3, -0.25) is 4.68 Å². The van der Waals surface area contributed by atoms with E-state index in [0.29, 0.717) is 5.52 Å². The van der Waals surface area contributed by atoms with Crippen LogP contribution in [0.2, 0.25) is 0 Å². The third kappa shape index (κ3) is 1.21. The Labute approximate surface area is 77.7 Å². The standard InChI is InChI=1S/C9H7F3N2/c10-9(11,12)7-2-1-3-8-6(7)4-5-14(8)13/h1-5H,13H2. The van der Waals surface area contributed by atoms with Crippen LogP contribution in [-0.4, -0.2) is 4.68 Å². The molecule has 0 bridgehead atoms. The molecule has 2 rings (SSSR count). The maximum Gasteiger partial charge on any atom is 0.417 e. The van der Waals surface area contributed by atoms with E-state index in [1.165, 1.54) is 23.0 Å². The van der Waals surface area contributed by atoms with E-state index < -0.39 is 11.7 Å². The summed E-state index contributed by atoms with van der Waals surface area (Å²) in [6.07, 6.45) is -2.93. The normalized spacial score (nSPS) is 12.2. The van der Waals surface area contributed by atoms with Crippen LogP contribution in [0.15, 0.2) is 30.5 Å². The lowest BCUT2D eigenvalue weighted by Crippen LogP contribution is -2.07. The fraction of sp³-hybridized carbons (Fsp3) is 0.111. The van der Waals surface area contributed by atoms with Gasteiger partial charge in [0.25, 0.3) is 0 Å². The number of nitrogen functional groups attached to an aromatic ring is 1. The summed E-state index contributed by atoms with van der Waals surface area (Å²) < 4.78 is 38.6. The maximum absolute atomic E-state index is 12.5. The van der Waals surface area contributed by atoms with E-state index in [-0.39, 0.29) is 5.39 Å². The Kier molecular flexibility index (Phi) is 1.70. The molecule has 0 amide bonds. The summed E-state index contributed by atoms with van der Waals surface area (Å²) in [6, 6.07) is 5.29. The lowest BCUT2D eigenvalue weighted by atomic mass is 10.1. The number of nitrogens with two attached hydrogens (primary N) is 1. The van der Waals surface area contributed by atoms with Crippen molar-refractivity contribution >= 4 is 10.9 Å². The topological polar surface area (TPSA) is 30.9 Å². The molecule has 0 aliphatic rings. The first-order chi connectivity index (χ1) is 6.50. The van der Waals surface area contributed by atoms with Gasteiger partial charge in [-0.15, -0.1) is 0 Å². The van der Waals surface area contributed by atoms with Crippen LogP contribution in [0.3, 0.4) is 0 Å². The molecule has 0 aliphatic heterocycles. The van der Waals surface area contributed by atoms with E-state index in [4.69, 9.17) is 5.84 Å². The highest BCUT2D eigenvalue weighted by molar-refractivity contribution is 5.84. The summed E-state index contributed by atoms with van der Waals surface area (Å²) in [7, 11) is 0. The smallest absolute Gasteiger partial charge is 0.339 e. The van der Waals surface area contributed by atoms with Gasteiger partial charge >= 0.3 is 6.18 Å². The van der Waals surface area contributed by atoms with Gasteiger partial charge in [0.15, 0.2) is 0 Å². The molecule has 5 heteroatoms. The van der Waals surface area contributed by atoms with Crippen LogP contribution >= 0.6 is 0 Å². The van der Waals surface area contributed by atoms with E-state index in [2.05, 4.69) is 0 Å². The molecule has 0 aliphatic carbocycles. The van der Waals surface area contributed by atoms with Crippen LogP contribution in [0.4, 0.5) is 13.2 Å². The third-order valence-electron chi connectivity index (χ3n) is 2.07. The Morgan fingerprint density at radius 1 is 1.14 bits per heavy atom. The van der Waals surface area contributed by atoms with Gasteiger partial charge in [-0.2, -0.15) is 13.2 Å².